The van der Waals surface area contributed by atoms with E-state index in [4.69, 9.17) is 11.6 Å². The van der Waals surface area contributed by atoms with Crippen molar-refractivity contribution in [1.82, 2.24) is 0 Å². The van der Waals surface area contributed by atoms with E-state index >= 15 is 0 Å². The Balaban J connectivity index is 2.12. The van der Waals surface area contributed by atoms with Gasteiger partial charge in [-0.15, -0.1) is 11.3 Å². The van der Waals surface area contributed by atoms with Crippen LogP contribution >= 0.6 is 22.9 Å². The van der Waals surface area contributed by atoms with Crippen LogP contribution in [0.3, 0.4) is 0 Å². The number of halogens is 1. The molecule has 0 aliphatic heterocycles. The molecular weight excluding hydrogens is 430 g/mol. The monoisotopic (exact) mass is 445 g/mol. The minimum atomic E-state index is -4.02. The Labute approximate surface area is 166 Å². The lowest BCUT2D eigenvalue weighted by Gasteiger charge is -2.12. The van der Waals surface area contributed by atoms with Crippen LogP contribution in [0.2, 0.25) is 5.02 Å². The average molecular weight is 446 g/mol. The molecule has 3 rings (SSSR count). The van der Waals surface area contributed by atoms with Crippen molar-refractivity contribution in [3.05, 3.63) is 52.5 Å². The van der Waals surface area contributed by atoms with Gasteiger partial charge in [0, 0.05) is 16.0 Å². The number of sulfonamides is 1. The van der Waals surface area contributed by atoms with Gasteiger partial charge >= 0.3 is 0 Å². The highest BCUT2D eigenvalue weighted by atomic mass is 35.5. The number of fused-ring (bicyclic) bond motifs is 1. The van der Waals surface area contributed by atoms with Crippen molar-refractivity contribution >= 4 is 58.6 Å². The SMILES string of the molecule is Cc1c(S(=O)(=O)Nc2ccc(CO)cc2S(C)(=O)=O)sc2ccc(Cl)cc12. The van der Waals surface area contributed by atoms with Crippen molar-refractivity contribution in [1.29, 1.82) is 0 Å². The maximum atomic E-state index is 12.9. The van der Waals surface area contributed by atoms with E-state index in [2.05, 4.69) is 4.72 Å². The summed E-state index contributed by atoms with van der Waals surface area (Å²) in [7, 11) is -7.74. The first-order chi connectivity index (χ1) is 12.5. The quantitative estimate of drug-likeness (QED) is 0.625. The highest BCUT2D eigenvalue weighted by molar-refractivity contribution is 7.95. The van der Waals surface area contributed by atoms with Crippen LogP contribution in [0.5, 0.6) is 0 Å². The third-order valence-electron chi connectivity index (χ3n) is 3.97. The second kappa shape index (κ2) is 7.06. The number of sulfone groups is 1. The van der Waals surface area contributed by atoms with Gasteiger partial charge in [0.1, 0.15) is 4.21 Å². The molecule has 0 spiro atoms. The molecule has 10 heteroatoms. The van der Waals surface area contributed by atoms with Crippen molar-refractivity contribution < 1.29 is 21.9 Å². The van der Waals surface area contributed by atoms with Crippen molar-refractivity contribution in [2.24, 2.45) is 0 Å². The zero-order valence-electron chi connectivity index (χ0n) is 14.4. The molecule has 0 saturated heterocycles. The van der Waals surface area contributed by atoms with Gasteiger partial charge in [-0.2, -0.15) is 0 Å². The van der Waals surface area contributed by atoms with Crippen LogP contribution in [0.25, 0.3) is 10.1 Å². The van der Waals surface area contributed by atoms with Gasteiger partial charge in [0.05, 0.1) is 17.2 Å². The number of anilines is 1. The third kappa shape index (κ3) is 3.97. The van der Waals surface area contributed by atoms with E-state index in [0.717, 1.165) is 27.7 Å². The molecule has 0 aliphatic rings. The highest BCUT2D eigenvalue weighted by Crippen LogP contribution is 2.37. The van der Waals surface area contributed by atoms with Gasteiger partial charge in [-0.25, -0.2) is 16.8 Å². The summed E-state index contributed by atoms with van der Waals surface area (Å²) in [5, 5.41) is 10.5. The van der Waals surface area contributed by atoms with E-state index in [1.807, 2.05) is 0 Å². The minimum Gasteiger partial charge on any atom is -0.392 e. The fourth-order valence-electron chi connectivity index (χ4n) is 2.67. The van der Waals surface area contributed by atoms with Crippen LogP contribution < -0.4 is 4.72 Å². The maximum absolute atomic E-state index is 12.9. The molecule has 27 heavy (non-hydrogen) atoms. The van der Waals surface area contributed by atoms with Gasteiger partial charge in [0.15, 0.2) is 9.84 Å². The number of aliphatic hydroxyl groups is 1. The van der Waals surface area contributed by atoms with Crippen molar-refractivity contribution in [3.63, 3.8) is 0 Å². The molecule has 0 bridgehead atoms. The molecule has 2 aromatic carbocycles. The largest absolute Gasteiger partial charge is 0.392 e. The van der Waals surface area contributed by atoms with Crippen molar-refractivity contribution in [3.8, 4) is 0 Å². The van der Waals surface area contributed by atoms with Crippen LogP contribution in [0, 0.1) is 6.92 Å². The third-order valence-corrected chi connectivity index (χ3v) is 8.60. The minimum absolute atomic E-state index is 0.0652. The molecule has 2 N–H and O–H groups in total. The number of rotatable bonds is 5. The summed E-state index contributed by atoms with van der Waals surface area (Å²) in [6, 6.07) is 9.17. The summed E-state index contributed by atoms with van der Waals surface area (Å²) in [5.74, 6) is 0. The standard InChI is InChI=1S/C17H16ClNO5S3/c1-10-13-8-12(18)4-6-15(13)25-17(10)27(23,24)19-14-5-3-11(9-20)7-16(14)26(2,21)22/h3-8,19-20H,9H2,1-2H3. The van der Waals surface area contributed by atoms with Crippen LogP contribution in [-0.2, 0) is 26.5 Å². The molecule has 0 atom stereocenters. The second-order valence-corrected chi connectivity index (χ2v) is 11.4. The topological polar surface area (TPSA) is 101 Å². The molecular formula is C17H16ClNO5S3. The fraction of sp³-hybridized carbons (Fsp3) is 0.176. The molecule has 0 saturated carbocycles. The Hall–Kier alpha value is -1.65. The van der Waals surface area contributed by atoms with Gasteiger partial charge in [-0.3, -0.25) is 4.72 Å². The number of nitrogens with one attached hydrogen (secondary N) is 1. The summed E-state index contributed by atoms with van der Waals surface area (Å²) in [6.45, 7) is 1.32. The van der Waals surface area contributed by atoms with Gasteiger partial charge in [0.25, 0.3) is 10.0 Å². The second-order valence-electron chi connectivity index (χ2n) is 6.02. The number of hydrogen-bond acceptors (Lipinski definition) is 6. The normalized spacial score (nSPS) is 12.4. The molecule has 1 aromatic heterocycles. The predicted octanol–water partition coefficient (Wildman–Crippen LogP) is 3.56. The van der Waals surface area contributed by atoms with Gasteiger partial charge in [0.2, 0.25) is 0 Å². The van der Waals surface area contributed by atoms with Crippen LogP contribution in [0.15, 0.2) is 45.5 Å². The lowest BCUT2D eigenvalue weighted by molar-refractivity contribution is 0.281. The first-order valence-corrected chi connectivity index (χ1v) is 12.2. The molecule has 0 unspecified atom stereocenters. The average Bonchev–Trinajstić information content (AvgIpc) is 2.91. The Morgan fingerprint density at radius 2 is 1.81 bits per heavy atom. The Kier molecular flexibility index (Phi) is 5.26. The number of aliphatic hydroxyl groups excluding tert-OH is 1. The predicted molar refractivity (Wildman–Crippen MR) is 108 cm³/mol. The van der Waals surface area contributed by atoms with Gasteiger partial charge < -0.3 is 5.11 Å². The highest BCUT2D eigenvalue weighted by Gasteiger charge is 2.25. The van der Waals surface area contributed by atoms with E-state index < -0.39 is 19.9 Å². The first-order valence-electron chi connectivity index (χ1n) is 7.68. The fourth-order valence-corrected chi connectivity index (χ4v) is 6.62. The van der Waals surface area contributed by atoms with Gasteiger partial charge in [-0.1, -0.05) is 17.7 Å². The van der Waals surface area contributed by atoms with E-state index in [0.29, 0.717) is 16.1 Å². The zero-order valence-corrected chi connectivity index (χ0v) is 17.6. The van der Waals surface area contributed by atoms with E-state index in [1.54, 1.807) is 25.1 Å². The van der Waals surface area contributed by atoms with Crippen molar-refractivity contribution in [2.75, 3.05) is 11.0 Å². The lowest BCUT2D eigenvalue weighted by atomic mass is 10.2. The van der Waals surface area contributed by atoms with Gasteiger partial charge in [-0.05, 0) is 53.8 Å². The summed E-state index contributed by atoms with van der Waals surface area (Å²) in [6.07, 6.45) is 0.980. The molecule has 0 fully saturated rings. The number of benzene rings is 2. The number of hydrogen-bond donors (Lipinski definition) is 2. The van der Waals surface area contributed by atoms with Crippen LogP contribution in [0.1, 0.15) is 11.1 Å². The van der Waals surface area contributed by atoms with Crippen molar-refractivity contribution in [2.45, 2.75) is 22.6 Å². The Morgan fingerprint density at radius 3 is 2.44 bits per heavy atom. The Morgan fingerprint density at radius 1 is 1.11 bits per heavy atom. The summed E-state index contributed by atoms with van der Waals surface area (Å²) in [5.41, 5.74) is 0.841. The van der Waals surface area contributed by atoms with Crippen LogP contribution in [0.4, 0.5) is 5.69 Å². The smallest absolute Gasteiger partial charge is 0.271 e. The maximum Gasteiger partial charge on any atom is 0.271 e. The summed E-state index contributed by atoms with van der Waals surface area (Å²) >= 11 is 7.08. The molecule has 1 heterocycles. The van der Waals surface area contributed by atoms with E-state index in [9.17, 15) is 21.9 Å². The molecule has 6 nitrogen and oxygen atoms in total. The number of thiophene rings is 1. The number of aryl methyl sites for hydroxylation is 1. The van der Waals surface area contributed by atoms with Crippen LogP contribution in [-0.4, -0.2) is 28.2 Å². The Bertz CT molecular complexity index is 1250. The molecule has 0 radical (unpaired) electrons. The first kappa shape index (κ1) is 20.1. The van der Waals surface area contributed by atoms with E-state index in [-0.39, 0.29) is 21.4 Å². The summed E-state index contributed by atoms with van der Waals surface area (Å²) < 4.78 is 53.2. The summed E-state index contributed by atoms with van der Waals surface area (Å²) in [4.78, 5) is -0.195. The molecule has 3 aromatic rings. The molecule has 0 aliphatic carbocycles. The lowest BCUT2D eigenvalue weighted by Crippen LogP contribution is -2.15. The van der Waals surface area contributed by atoms with E-state index in [1.165, 1.54) is 18.2 Å². The molecule has 144 valence electrons. The zero-order chi connectivity index (χ0) is 20.0. The molecule has 0 amide bonds.